The summed E-state index contributed by atoms with van der Waals surface area (Å²) < 4.78 is 21.7. The maximum Gasteiger partial charge on any atom is 0.326 e. The summed E-state index contributed by atoms with van der Waals surface area (Å²) in [6.07, 6.45) is 17.5. The van der Waals surface area contributed by atoms with Crippen molar-refractivity contribution in [2.45, 2.75) is 153 Å². The number of carboxylic acid groups (broad SMARTS) is 3. The van der Waals surface area contributed by atoms with Crippen LogP contribution in [-0.2, 0) is 47.7 Å². The van der Waals surface area contributed by atoms with Crippen molar-refractivity contribution in [1.82, 2.24) is 16.0 Å². The van der Waals surface area contributed by atoms with E-state index in [1.165, 1.54) is 44.9 Å². The minimum absolute atomic E-state index is 0.00376. The maximum atomic E-state index is 12.3. The predicted molar refractivity (Wildman–Crippen MR) is 214 cm³/mol. The Morgan fingerprint density at radius 2 is 0.860 bits per heavy atom. The molecule has 3 amide bonds. The summed E-state index contributed by atoms with van der Waals surface area (Å²) in [5.74, 6) is -3.68. The highest BCUT2D eigenvalue weighted by molar-refractivity contribution is 5.84. The highest BCUT2D eigenvalue weighted by Gasteiger charge is 2.20. The van der Waals surface area contributed by atoms with Crippen LogP contribution in [0.5, 0.6) is 0 Å². The van der Waals surface area contributed by atoms with Crippen LogP contribution >= 0.6 is 0 Å². The van der Waals surface area contributed by atoms with Crippen molar-refractivity contribution in [2.75, 3.05) is 65.9 Å². The number of amides is 3. The molecule has 0 radical (unpaired) electrons. The third-order valence-corrected chi connectivity index (χ3v) is 9.08. The third kappa shape index (κ3) is 39.2. The van der Waals surface area contributed by atoms with Crippen molar-refractivity contribution < 1.29 is 63.0 Å². The van der Waals surface area contributed by atoms with Crippen LogP contribution in [0, 0.1) is 0 Å². The average molecular weight is 819 g/mol. The number of nitrogens with two attached hydrogens (primary N) is 1. The minimum atomic E-state index is -1.17. The summed E-state index contributed by atoms with van der Waals surface area (Å²) in [7, 11) is 0. The normalized spacial score (nSPS) is 12.2. The number of ether oxygens (including phenoxy) is 4. The van der Waals surface area contributed by atoms with Gasteiger partial charge in [0.05, 0.1) is 52.9 Å². The molecular formula is C40H74N4O13. The second-order valence-electron chi connectivity index (χ2n) is 14.2. The van der Waals surface area contributed by atoms with E-state index in [0.29, 0.717) is 71.9 Å². The smallest absolute Gasteiger partial charge is 0.326 e. The van der Waals surface area contributed by atoms with Crippen LogP contribution in [0.15, 0.2) is 0 Å². The molecule has 17 heteroatoms. The molecule has 0 unspecified atom stereocenters. The standard InChI is InChI=1S/C40H74N4O13/c41-33(39(50)51)17-15-16-23-42-36(46)22-25-54-27-29-56-31-32-57-30-28-55-26-24-43-35(45)21-20-34(40(52)53)44-37(47)18-13-11-9-7-5-3-1-2-4-6-8-10-12-14-19-38(48)49/h33-34H,1-32,41H2,(H,42,46)(H,43,45)(H,44,47)(H,48,49)(H,50,51)(H,52,53)/t33-,34-/m0/s1. The zero-order valence-electron chi connectivity index (χ0n) is 34.3. The summed E-state index contributed by atoms with van der Waals surface area (Å²) in [5, 5.41) is 34.9. The largest absolute Gasteiger partial charge is 0.481 e. The van der Waals surface area contributed by atoms with E-state index in [9.17, 15) is 33.9 Å². The van der Waals surface area contributed by atoms with E-state index in [0.717, 1.165) is 38.5 Å². The zero-order valence-corrected chi connectivity index (χ0v) is 34.3. The highest BCUT2D eigenvalue weighted by atomic mass is 16.6. The van der Waals surface area contributed by atoms with E-state index < -0.39 is 30.0 Å². The molecule has 2 atom stereocenters. The van der Waals surface area contributed by atoms with Gasteiger partial charge in [0.25, 0.3) is 0 Å². The first-order chi connectivity index (χ1) is 27.5. The average Bonchev–Trinajstić information content (AvgIpc) is 3.17. The number of unbranched alkanes of at least 4 members (excludes halogenated alkanes) is 14. The number of hydrogen-bond acceptors (Lipinski definition) is 11. The van der Waals surface area contributed by atoms with Gasteiger partial charge in [-0.2, -0.15) is 0 Å². The van der Waals surface area contributed by atoms with E-state index in [2.05, 4.69) is 16.0 Å². The van der Waals surface area contributed by atoms with Gasteiger partial charge in [-0.25, -0.2) is 4.79 Å². The first-order valence-electron chi connectivity index (χ1n) is 21.1. The van der Waals surface area contributed by atoms with Gasteiger partial charge in [0.2, 0.25) is 17.7 Å². The predicted octanol–water partition coefficient (Wildman–Crippen LogP) is 3.93. The second kappa shape index (κ2) is 39.4. The fourth-order valence-electron chi connectivity index (χ4n) is 5.69. The molecule has 0 aromatic rings. The van der Waals surface area contributed by atoms with Crippen LogP contribution in [0.4, 0.5) is 0 Å². The van der Waals surface area contributed by atoms with Gasteiger partial charge in [0.1, 0.15) is 12.1 Å². The molecule has 0 saturated carbocycles. The molecule has 0 saturated heterocycles. The quantitative estimate of drug-likeness (QED) is 0.0430. The zero-order chi connectivity index (χ0) is 42.2. The molecular weight excluding hydrogens is 744 g/mol. The molecule has 17 nitrogen and oxygen atoms in total. The molecule has 0 aromatic heterocycles. The van der Waals surface area contributed by atoms with Crippen LogP contribution in [0.2, 0.25) is 0 Å². The van der Waals surface area contributed by atoms with E-state index in [1.54, 1.807) is 0 Å². The Morgan fingerprint density at radius 3 is 1.35 bits per heavy atom. The van der Waals surface area contributed by atoms with Crippen LogP contribution < -0.4 is 21.7 Å². The number of nitrogens with one attached hydrogen (secondary N) is 3. The lowest BCUT2D eigenvalue weighted by Crippen LogP contribution is -2.41. The third-order valence-electron chi connectivity index (χ3n) is 9.08. The van der Waals surface area contributed by atoms with Gasteiger partial charge in [-0.05, 0) is 38.5 Å². The fourth-order valence-corrected chi connectivity index (χ4v) is 5.69. The lowest BCUT2D eigenvalue weighted by Gasteiger charge is -2.14. The van der Waals surface area contributed by atoms with Gasteiger partial charge in [0, 0.05) is 38.8 Å². The number of carbonyl (C=O) groups is 6. The maximum absolute atomic E-state index is 12.3. The Labute approximate surface area is 339 Å². The van der Waals surface area contributed by atoms with E-state index >= 15 is 0 Å². The van der Waals surface area contributed by atoms with Gasteiger partial charge in [-0.1, -0.05) is 77.0 Å². The van der Waals surface area contributed by atoms with E-state index in [1.807, 2.05) is 0 Å². The van der Waals surface area contributed by atoms with Crippen LogP contribution in [0.25, 0.3) is 0 Å². The molecule has 8 N–H and O–H groups in total. The van der Waals surface area contributed by atoms with Crippen LogP contribution in [0.1, 0.15) is 141 Å². The summed E-state index contributed by atoms with van der Waals surface area (Å²) in [6.45, 7) is 3.36. The molecule has 0 bridgehead atoms. The van der Waals surface area contributed by atoms with Crippen LogP contribution in [-0.4, -0.2) is 129 Å². The SMILES string of the molecule is N[C@@H](CCCCNC(=O)CCOCCOCCOCCOCCNC(=O)CC[C@H](NC(=O)CCCCCCCCCCCCCCCCC(=O)O)C(=O)O)C(=O)O. The van der Waals surface area contributed by atoms with Gasteiger partial charge in [-0.3, -0.25) is 24.0 Å². The summed E-state index contributed by atoms with van der Waals surface area (Å²) in [6, 6.07) is -1.99. The van der Waals surface area contributed by atoms with Gasteiger partial charge in [0.15, 0.2) is 0 Å². The molecule has 57 heavy (non-hydrogen) atoms. The topological polar surface area (TPSA) is 262 Å². The van der Waals surface area contributed by atoms with Gasteiger partial charge >= 0.3 is 17.9 Å². The van der Waals surface area contributed by atoms with Crippen molar-refractivity contribution >= 4 is 35.6 Å². The molecule has 0 fully saturated rings. The lowest BCUT2D eigenvalue weighted by molar-refractivity contribution is -0.142. The van der Waals surface area contributed by atoms with Crippen molar-refractivity contribution in [2.24, 2.45) is 5.73 Å². The fraction of sp³-hybridized carbons (Fsp3) is 0.850. The second-order valence-corrected chi connectivity index (χ2v) is 14.2. The summed E-state index contributed by atoms with van der Waals surface area (Å²) in [5.41, 5.74) is 5.43. The van der Waals surface area contributed by atoms with Crippen molar-refractivity contribution in [3.63, 3.8) is 0 Å². The number of aliphatic carboxylic acids is 3. The Morgan fingerprint density at radius 1 is 0.421 bits per heavy atom. The Bertz CT molecular complexity index is 1070. The molecule has 0 aliphatic carbocycles. The first-order valence-corrected chi connectivity index (χ1v) is 21.1. The Hall–Kier alpha value is -3.38. The number of hydrogen-bond donors (Lipinski definition) is 7. The molecule has 0 aliphatic heterocycles. The first kappa shape index (κ1) is 53.6. The van der Waals surface area contributed by atoms with E-state index in [-0.39, 0.29) is 69.6 Å². The van der Waals surface area contributed by atoms with Crippen molar-refractivity contribution in [1.29, 1.82) is 0 Å². The number of carboxylic acids is 3. The summed E-state index contributed by atoms with van der Waals surface area (Å²) >= 11 is 0. The minimum Gasteiger partial charge on any atom is -0.481 e. The molecule has 0 rings (SSSR count). The monoisotopic (exact) mass is 819 g/mol. The van der Waals surface area contributed by atoms with Gasteiger partial charge < -0.3 is 56.0 Å². The Kier molecular flexibility index (Phi) is 37.1. The molecule has 0 aliphatic rings. The highest BCUT2D eigenvalue weighted by Crippen LogP contribution is 2.14. The number of carbonyl (C=O) groups excluding carboxylic acids is 3. The molecule has 0 heterocycles. The molecule has 0 spiro atoms. The van der Waals surface area contributed by atoms with Crippen molar-refractivity contribution in [3.05, 3.63) is 0 Å². The van der Waals surface area contributed by atoms with E-state index in [4.69, 9.17) is 34.9 Å². The number of rotatable bonds is 43. The van der Waals surface area contributed by atoms with Crippen LogP contribution in [0.3, 0.4) is 0 Å². The molecule has 0 aromatic carbocycles. The Balaban J connectivity index is 3.59. The lowest BCUT2D eigenvalue weighted by atomic mass is 10.0. The molecule has 332 valence electrons. The van der Waals surface area contributed by atoms with Gasteiger partial charge in [-0.15, -0.1) is 0 Å². The summed E-state index contributed by atoms with van der Waals surface area (Å²) in [4.78, 5) is 69.0. The van der Waals surface area contributed by atoms with Crippen molar-refractivity contribution in [3.8, 4) is 0 Å².